The fourth-order valence-corrected chi connectivity index (χ4v) is 3.83. The van der Waals surface area contributed by atoms with Gasteiger partial charge in [0.2, 0.25) is 11.8 Å². The summed E-state index contributed by atoms with van der Waals surface area (Å²) >= 11 is 0. The van der Waals surface area contributed by atoms with Crippen LogP contribution in [0.25, 0.3) is 11.1 Å². The van der Waals surface area contributed by atoms with Crippen LogP contribution >= 0.6 is 0 Å². The Morgan fingerprint density at radius 1 is 1.06 bits per heavy atom. The van der Waals surface area contributed by atoms with Crippen LogP contribution in [-0.4, -0.2) is 34.3 Å². The second kappa shape index (κ2) is 8.87. The summed E-state index contributed by atoms with van der Waals surface area (Å²) in [5, 5.41) is 22.7. The van der Waals surface area contributed by atoms with Crippen LogP contribution in [0.3, 0.4) is 0 Å². The van der Waals surface area contributed by atoms with E-state index in [0.29, 0.717) is 4.73 Å². The summed E-state index contributed by atoms with van der Waals surface area (Å²) in [6, 6.07) is 16.7. The van der Waals surface area contributed by atoms with Gasteiger partial charge in [0.15, 0.2) is 0 Å². The van der Waals surface area contributed by atoms with E-state index in [9.17, 15) is 15.0 Å². The quantitative estimate of drug-likeness (QED) is 0.279. The van der Waals surface area contributed by atoms with E-state index in [1.165, 1.54) is 12.1 Å². The molecular formula is C24H24N2O5. The smallest absolute Gasteiger partial charge is 0.492 e. The monoisotopic (exact) mass is 420 g/mol. The minimum Gasteiger partial charge on any atom is -0.492 e. The van der Waals surface area contributed by atoms with Gasteiger partial charge in [-0.25, -0.2) is 4.79 Å². The van der Waals surface area contributed by atoms with Gasteiger partial charge in [0, 0.05) is 30.3 Å². The summed E-state index contributed by atoms with van der Waals surface area (Å²) < 4.78 is 5.94. The lowest BCUT2D eigenvalue weighted by Gasteiger charge is -2.15. The molecule has 0 radical (unpaired) electrons. The van der Waals surface area contributed by atoms with Crippen LogP contribution in [0.15, 0.2) is 67.3 Å². The highest BCUT2D eigenvalue weighted by Crippen LogP contribution is 2.45. The van der Waals surface area contributed by atoms with Gasteiger partial charge in [-0.1, -0.05) is 36.4 Å². The van der Waals surface area contributed by atoms with Crippen LogP contribution in [0, 0.1) is 0 Å². The third-order valence-electron chi connectivity index (χ3n) is 5.30. The van der Waals surface area contributed by atoms with E-state index >= 15 is 0 Å². The van der Waals surface area contributed by atoms with E-state index in [-0.39, 0.29) is 12.5 Å². The number of unbranched alkanes of at least 4 members (excludes halogenated alkanes) is 1. The Bertz CT molecular complexity index is 1090. The number of rotatable bonds is 8. The van der Waals surface area contributed by atoms with Gasteiger partial charge >= 0.3 is 6.16 Å². The maximum absolute atomic E-state index is 12.2. The molecule has 1 unspecified atom stereocenters. The number of anilines is 1. The summed E-state index contributed by atoms with van der Waals surface area (Å²) in [7, 11) is 0. The SMILES string of the molecule is C=CCCCNc1ccc2c(c1)C(COC(=O)On1c(O)ccc1O)c1ccccc1-2. The molecule has 7 nitrogen and oxygen atoms in total. The van der Waals surface area contributed by atoms with Crippen molar-refractivity contribution < 1.29 is 24.6 Å². The van der Waals surface area contributed by atoms with Crippen molar-refractivity contribution >= 4 is 11.8 Å². The van der Waals surface area contributed by atoms with Gasteiger partial charge in [-0.15, -0.1) is 11.3 Å². The van der Waals surface area contributed by atoms with Gasteiger partial charge in [0.05, 0.1) is 0 Å². The van der Waals surface area contributed by atoms with Gasteiger partial charge in [-0.3, -0.25) is 4.84 Å². The van der Waals surface area contributed by atoms with Crippen LogP contribution < -0.4 is 10.2 Å². The zero-order chi connectivity index (χ0) is 21.8. The van der Waals surface area contributed by atoms with Crippen LogP contribution in [0.4, 0.5) is 10.5 Å². The molecule has 3 aromatic rings. The summed E-state index contributed by atoms with van der Waals surface area (Å²) in [5.74, 6) is -0.961. The molecule has 0 spiro atoms. The molecule has 0 amide bonds. The third kappa shape index (κ3) is 4.21. The summed E-state index contributed by atoms with van der Waals surface area (Å²) in [6.45, 7) is 4.65. The molecule has 160 valence electrons. The Kier molecular flexibility index (Phi) is 5.84. The molecule has 1 aromatic heterocycles. The standard InChI is InChI=1S/C24H24N2O5/c1-2-3-6-13-25-16-9-10-19-17-7-4-5-8-18(17)21(20(19)14-16)15-30-24(29)31-26-22(27)11-12-23(26)28/h2,4-5,7-12,14,21,25,27-28H,1,3,6,13,15H2. The molecule has 0 saturated heterocycles. The molecule has 1 heterocycles. The number of allylic oxidation sites excluding steroid dienone is 1. The number of benzene rings is 2. The first kappa shape index (κ1) is 20.4. The molecule has 1 aliphatic carbocycles. The lowest BCUT2D eigenvalue weighted by atomic mass is 9.97. The van der Waals surface area contributed by atoms with E-state index in [0.717, 1.165) is 47.3 Å². The number of nitrogens with zero attached hydrogens (tertiary/aromatic N) is 1. The highest BCUT2D eigenvalue weighted by atomic mass is 16.8. The first-order valence-corrected chi connectivity index (χ1v) is 10.1. The van der Waals surface area contributed by atoms with Crippen LogP contribution in [-0.2, 0) is 4.74 Å². The fraction of sp³-hybridized carbons (Fsp3) is 0.208. The number of nitrogens with one attached hydrogen (secondary N) is 1. The summed E-state index contributed by atoms with van der Waals surface area (Å²) in [6.07, 6.45) is 2.83. The Balaban J connectivity index is 1.50. The van der Waals surface area contributed by atoms with Crippen molar-refractivity contribution in [3.8, 4) is 22.9 Å². The Morgan fingerprint density at radius 3 is 2.58 bits per heavy atom. The van der Waals surface area contributed by atoms with Crippen molar-refractivity contribution in [1.82, 2.24) is 4.73 Å². The van der Waals surface area contributed by atoms with Crippen molar-refractivity contribution in [3.63, 3.8) is 0 Å². The highest BCUT2D eigenvalue weighted by molar-refractivity contribution is 5.80. The second-order valence-corrected chi connectivity index (χ2v) is 7.30. The number of aromatic nitrogens is 1. The van der Waals surface area contributed by atoms with Crippen LogP contribution in [0.5, 0.6) is 11.8 Å². The zero-order valence-corrected chi connectivity index (χ0v) is 17.0. The van der Waals surface area contributed by atoms with Gasteiger partial charge in [0.1, 0.15) is 6.61 Å². The lowest BCUT2D eigenvalue weighted by molar-refractivity contribution is 0.0341. The summed E-state index contributed by atoms with van der Waals surface area (Å²) in [4.78, 5) is 17.0. The minimum atomic E-state index is -1.02. The molecule has 0 bridgehead atoms. The number of hydrogen-bond donors (Lipinski definition) is 3. The number of aromatic hydroxyl groups is 2. The van der Waals surface area contributed by atoms with E-state index in [1.807, 2.05) is 24.3 Å². The number of fused-ring (bicyclic) bond motifs is 3. The molecule has 0 saturated carbocycles. The number of carbonyl (C=O) groups is 1. The normalized spacial score (nSPS) is 13.9. The predicted octanol–water partition coefficient (Wildman–Crippen LogP) is 4.66. The highest BCUT2D eigenvalue weighted by Gasteiger charge is 2.30. The Labute approximate surface area is 180 Å². The average Bonchev–Trinajstić information content (AvgIpc) is 3.26. The number of hydrogen-bond acceptors (Lipinski definition) is 6. The van der Waals surface area contributed by atoms with E-state index in [1.54, 1.807) is 0 Å². The van der Waals surface area contributed by atoms with Crippen molar-refractivity contribution in [2.24, 2.45) is 0 Å². The maximum atomic E-state index is 12.2. The topological polar surface area (TPSA) is 93.0 Å². The van der Waals surface area contributed by atoms with Gasteiger partial charge in [-0.2, -0.15) is 0 Å². The van der Waals surface area contributed by atoms with Gasteiger partial charge in [-0.05, 0) is 47.2 Å². The average molecular weight is 420 g/mol. The van der Waals surface area contributed by atoms with Crippen LogP contribution in [0.1, 0.15) is 29.9 Å². The van der Waals surface area contributed by atoms with Gasteiger partial charge < -0.3 is 20.3 Å². The van der Waals surface area contributed by atoms with Crippen molar-refractivity contribution in [2.75, 3.05) is 18.5 Å². The molecular weight excluding hydrogens is 396 g/mol. The molecule has 31 heavy (non-hydrogen) atoms. The summed E-state index contributed by atoms with van der Waals surface area (Å²) in [5.41, 5.74) is 5.36. The lowest BCUT2D eigenvalue weighted by Crippen LogP contribution is -2.22. The number of carbonyl (C=O) groups excluding carboxylic acids is 1. The molecule has 1 aliphatic rings. The molecule has 1 atom stereocenters. The molecule has 3 N–H and O–H groups in total. The molecule has 7 heteroatoms. The zero-order valence-electron chi connectivity index (χ0n) is 17.0. The van der Waals surface area contributed by atoms with E-state index in [4.69, 9.17) is 9.57 Å². The molecule has 4 rings (SSSR count). The fourth-order valence-electron chi connectivity index (χ4n) is 3.83. The predicted molar refractivity (Wildman–Crippen MR) is 117 cm³/mol. The van der Waals surface area contributed by atoms with E-state index in [2.05, 4.69) is 36.2 Å². The number of ether oxygens (including phenoxy) is 1. The third-order valence-corrected chi connectivity index (χ3v) is 5.30. The first-order chi connectivity index (χ1) is 15.1. The van der Waals surface area contributed by atoms with Gasteiger partial charge in [0.25, 0.3) is 0 Å². The van der Waals surface area contributed by atoms with Crippen molar-refractivity contribution in [2.45, 2.75) is 18.8 Å². The maximum Gasteiger partial charge on any atom is 0.534 e. The van der Waals surface area contributed by atoms with Crippen LogP contribution in [0.2, 0.25) is 0 Å². The Morgan fingerprint density at radius 2 is 1.81 bits per heavy atom. The Hall–Kier alpha value is -3.87. The van der Waals surface area contributed by atoms with Crippen molar-refractivity contribution in [3.05, 3.63) is 78.4 Å². The van der Waals surface area contributed by atoms with E-state index < -0.39 is 17.9 Å². The largest absolute Gasteiger partial charge is 0.534 e. The first-order valence-electron chi connectivity index (χ1n) is 10.1. The second-order valence-electron chi connectivity index (χ2n) is 7.30. The molecule has 0 aliphatic heterocycles. The minimum absolute atomic E-state index is 0.0611. The van der Waals surface area contributed by atoms with Crippen molar-refractivity contribution in [1.29, 1.82) is 0 Å². The molecule has 2 aromatic carbocycles. The molecule has 0 fully saturated rings.